The summed E-state index contributed by atoms with van der Waals surface area (Å²) in [6.07, 6.45) is 0. The third-order valence-electron chi connectivity index (χ3n) is 5.19. The third kappa shape index (κ3) is 4.78. The van der Waals surface area contributed by atoms with Gasteiger partial charge in [-0.25, -0.2) is 4.98 Å². The number of ether oxygens (including phenoxy) is 1. The molecule has 33 heavy (non-hydrogen) atoms. The van der Waals surface area contributed by atoms with Crippen LogP contribution in [-0.4, -0.2) is 51.8 Å². The minimum Gasteiger partial charge on any atom is -0.383 e. The molecule has 2 aromatic carbocycles. The van der Waals surface area contributed by atoms with E-state index in [1.807, 2.05) is 44.2 Å². The molecule has 0 aliphatic rings. The fourth-order valence-electron chi connectivity index (χ4n) is 3.60. The van der Waals surface area contributed by atoms with Gasteiger partial charge >= 0.3 is 0 Å². The number of fused-ring (bicyclic) bond motifs is 1. The summed E-state index contributed by atoms with van der Waals surface area (Å²) in [6.45, 7) is 5.03. The molecular formula is C24H26N6O3. The Balaban J connectivity index is 1.73. The zero-order valence-corrected chi connectivity index (χ0v) is 18.8. The molecule has 0 radical (unpaired) electrons. The lowest BCUT2D eigenvalue weighted by atomic mass is 10.1. The number of anilines is 1. The average Bonchev–Trinajstić information content (AvgIpc) is 3.42. The standard InChI is InChI=1S/C24H26N6O3/c1-4-30-21(12-15(2)29-30)24(32)28-18-14-20-19(13-17(18)23(31)25-10-11-33-3)26-22(27-20)16-8-6-5-7-9-16/h5-9,12-14H,4,10-11H2,1-3H3,(H,25,31)(H,26,27)(H,28,32). The molecule has 2 amide bonds. The normalized spacial score (nSPS) is 11.0. The smallest absolute Gasteiger partial charge is 0.273 e. The Hall–Kier alpha value is -3.98. The van der Waals surface area contributed by atoms with Gasteiger partial charge in [0.2, 0.25) is 0 Å². The van der Waals surface area contributed by atoms with E-state index in [9.17, 15) is 9.59 Å². The van der Waals surface area contributed by atoms with Gasteiger partial charge in [0.1, 0.15) is 11.5 Å². The van der Waals surface area contributed by atoms with Crippen molar-refractivity contribution in [2.24, 2.45) is 0 Å². The number of rotatable bonds is 8. The van der Waals surface area contributed by atoms with Crippen LogP contribution in [0.2, 0.25) is 0 Å². The highest BCUT2D eigenvalue weighted by atomic mass is 16.5. The SMILES string of the molecule is CCn1nc(C)cc1C(=O)Nc1cc2nc(-c3ccccc3)[nH]c2cc1C(=O)NCCOC. The van der Waals surface area contributed by atoms with E-state index in [1.165, 1.54) is 0 Å². The van der Waals surface area contributed by atoms with Crippen molar-refractivity contribution in [2.45, 2.75) is 20.4 Å². The van der Waals surface area contributed by atoms with E-state index in [1.54, 1.807) is 30.0 Å². The second kappa shape index (κ2) is 9.66. The summed E-state index contributed by atoms with van der Waals surface area (Å²) in [4.78, 5) is 33.9. The molecule has 9 nitrogen and oxygen atoms in total. The molecule has 0 aliphatic carbocycles. The number of carbonyl (C=O) groups is 2. The zero-order chi connectivity index (χ0) is 23.4. The van der Waals surface area contributed by atoms with Crippen LogP contribution in [0.4, 0.5) is 5.69 Å². The molecule has 0 spiro atoms. The summed E-state index contributed by atoms with van der Waals surface area (Å²) < 4.78 is 6.65. The van der Waals surface area contributed by atoms with Gasteiger partial charge in [0.15, 0.2) is 0 Å². The summed E-state index contributed by atoms with van der Waals surface area (Å²) in [5.41, 5.74) is 4.12. The highest BCUT2D eigenvalue weighted by molar-refractivity contribution is 6.10. The molecule has 0 saturated heterocycles. The van der Waals surface area contributed by atoms with E-state index in [0.29, 0.717) is 53.5 Å². The van der Waals surface area contributed by atoms with E-state index < -0.39 is 0 Å². The second-order valence-electron chi connectivity index (χ2n) is 7.56. The van der Waals surface area contributed by atoms with Crippen LogP contribution >= 0.6 is 0 Å². The predicted octanol–water partition coefficient (Wildman–Crippen LogP) is 3.38. The molecule has 0 atom stereocenters. The van der Waals surface area contributed by atoms with Gasteiger partial charge in [0.25, 0.3) is 11.8 Å². The van der Waals surface area contributed by atoms with Crippen LogP contribution in [-0.2, 0) is 11.3 Å². The van der Waals surface area contributed by atoms with Gasteiger partial charge < -0.3 is 20.4 Å². The first kappa shape index (κ1) is 22.2. The number of carbonyl (C=O) groups excluding carboxylic acids is 2. The minimum absolute atomic E-state index is 0.319. The lowest BCUT2D eigenvalue weighted by Crippen LogP contribution is -2.28. The van der Waals surface area contributed by atoms with Crippen LogP contribution in [0.1, 0.15) is 33.5 Å². The maximum absolute atomic E-state index is 13.1. The quantitative estimate of drug-likeness (QED) is 0.359. The number of hydrogen-bond donors (Lipinski definition) is 3. The number of methoxy groups -OCH3 is 1. The van der Waals surface area contributed by atoms with Gasteiger partial charge in [0, 0.05) is 25.8 Å². The first-order valence-corrected chi connectivity index (χ1v) is 10.7. The van der Waals surface area contributed by atoms with Gasteiger partial charge in [-0.05, 0) is 32.0 Å². The maximum atomic E-state index is 13.1. The van der Waals surface area contributed by atoms with Crippen LogP contribution in [0.15, 0.2) is 48.5 Å². The molecule has 0 aliphatic heterocycles. The number of aromatic nitrogens is 4. The van der Waals surface area contributed by atoms with Gasteiger partial charge in [0.05, 0.1) is 34.6 Å². The first-order valence-electron chi connectivity index (χ1n) is 10.7. The molecular weight excluding hydrogens is 420 g/mol. The largest absolute Gasteiger partial charge is 0.383 e. The highest BCUT2D eigenvalue weighted by Crippen LogP contribution is 2.27. The lowest BCUT2D eigenvalue weighted by molar-refractivity contribution is 0.0938. The lowest BCUT2D eigenvalue weighted by Gasteiger charge is -2.12. The molecule has 4 aromatic rings. The van der Waals surface area contributed by atoms with Crippen LogP contribution in [0, 0.1) is 6.92 Å². The van der Waals surface area contributed by atoms with Crippen LogP contribution in [0.3, 0.4) is 0 Å². The van der Waals surface area contributed by atoms with Crippen molar-refractivity contribution in [3.63, 3.8) is 0 Å². The second-order valence-corrected chi connectivity index (χ2v) is 7.56. The summed E-state index contributed by atoms with van der Waals surface area (Å²) in [5, 5.41) is 10.0. The predicted molar refractivity (Wildman–Crippen MR) is 126 cm³/mol. The molecule has 4 rings (SSSR count). The van der Waals surface area contributed by atoms with Gasteiger partial charge in [-0.2, -0.15) is 5.10 Å². The molecule has 0 saturated carbocycles. The van der Waals surface area contributed by atoms with Crippen molar-refractivity contribution in [1.29, 1.82) is 0 Å². The average molecular weight is 447 g/mol. The zero-order valence-electron chi connectivity index (χ0n) is 18.8. The van der Waals surface area contributed by atoms with E-state index in [0.717, 1.165) is 11.3 Å². The van der Waals surface area contributed by atoms with Gasteiger partial charge in [-0.3, -0.25) is 14.3 Å². The molecule has 0 bridgehead atoms. The summed E-state index contributed by atoms with van der Waals surface area (Å²) in [6, 6.07) is 14.8. The van der Waals surface area contributed by atoms with E-state index in [-0.39, 0.29) is 11.8 Å². The Bertz CT molecular complexity index is 1290. The number of imidazole rings is 1. The minimum atomic E-state index is -0.346. The number of aromatic amines is 1. The molecule has 9 heteroatoms. The fourth-order valence-corrected chi connectivity index (χ4v) is 3.60. The Labute approximate surface area is 191 Å². The number of benzene rings is 2. The number of nitrogens with one attached hydrogen (secondary N) is 3. The topological polar surface area (TPSA) is 114 Å². The van der Waals surface area contributed by atoms with Crippen molar-refractivity contribution in [3.05, 3.63) is 65.5 Å². The number of amides is 2. The molecule has 0 fully saturated rings. The van der Waals surface area contributed by atoms with Gasteiger partial charge in [-0.15, -0.1) is 0 Å². The van der Waals surface area contributed by atoms with Gasteiger partial charge in [-0.1, -0.05) is 30.3 Å². The molecule has 2 heterocycles. The summed E-state index contributed by atoms with van der Waals surface area (Å²) >= 11 is 0. The number of nitrogens with zero attached hydrogens (tertiary/aromatic N) is 3. The number of aryl methyl sites for hydroxylation is 2. The van der Waals surface area contributed by atoms with Crippen LogP contribution in [0.5, 0.6) is 0 Å². The van der Waals surface area contributed by atoms with E-state index >= 15 is 0 Å². The molecule has 170 valence electrons. The van der Waals surface area contributed by atoms with Crippen molar-refractivity contribution in [2.75, 3.05) is 25.6 Å². The van der Waals surface area contributed by atoms with Crippen LogP contribution < -0.4 is 10.6 Å². The third-order valence-corrected chi connectivity index (χ3v) is 5.19. The summed E-state index contributed by atoms with van der Waals surface area (Å²) in [7, 11) is 1.57. The molecule has 0 unspecified atom stereocenters. The van der Waals surface area contributed by atoms with E-state index in [2.05, 4.69) is 25.7 Å². The summed E-state index contributed by atoms with van der Waals surface area (Å²) in [5.74, 6) is 0.0151. The Morgan fingerprint density at radius 2 is 1.91 bits per heavy atom. The highest BCUT2D eigenvalue weighted by Gasteiger charge is 2.20. The van der Waals surface area contributed by atoms with Crippen molar-refractivity contribution < 1.29 is 14.3 Å². The maximum Gasteiger partial charge on any atom is 0.273 e. The number of H-pyrrole nitrogens is 1. The monoisotopic (exact) mass is 446 g/mol. The Morgan fingerprint density at radius 3 is 2.64 bits per heavy atom. The Kier molecular flexibility index (Phi) is 6.50. The van der Waals surface area contributed by atoms with Crippen molar-refractivity contribution >= 4 is 28.5 Å². The van der Waals surface area contributed by atoms with Crippen LogP contribution in [0.25, 0.3) is 22.4 Å². The Morgan fingerprint density at radius 1 is 1.12 bits per heavy atom. The first-order chi connectivity index (χ1) is 16.0. The van der Waals surface area contributed by atoms with Crippen molar-refractivity contribution in [3.8, 4) is 11.4 Å². The van der Waals surface area contributed by atoms with Crippen molar-refractivity contribution in [1.82, 2.24) is 25.1 Å². The molecule has 3 N–H and O–H groups in total. The number of hydrogen-bond acceptors (Lipinski definition) is 5. The van der Waals surface area contributed by atoms with E-state index in [4.69, 9.17) is 4.74 Å². The molecule has 2 aromatic heterocycles. The fraction of sp³-hybridized carbons (Fsp3) is 0.250.